The van der Waals surface area contributed by atoms with E-state index in [-0.39, 0.29) is 0 Å². The number of halogens is 1. The van der Waals surface area contributed by atoms with Crippen LogP contribution in [-0.4, -0.2) is 12.0 Å². The zero-order chi connectivity index (χ0) is 16.1. The van der Waals surface area contributed by atoms with Crippen LogP contribution in [0.25, 0.3) is 0 Å². The zero-order valence-corrected chi connectivity index (χ0v) is 12.9. The second-order valence-corrected chi connectivity index (χ2v) is 5.10. The zero-order valence-electron chi connectivity index (χ0n) is 12.1. The van der Waals surface area contributed by atoms with E-state index in [1.54, 1.807) is 36.4 Å². The van der Waals surface area contributed by atoms with E-state index in [0.717, 1.165) is 5.56 Å². The van der Waals surface area contributed by atoms with Crippen molar-refractivity contribution in [3.8, 4) is 5.75 Å². The number of hydrogen-bond donors (Lipinski definition) is 2. The standard InChI is InChI=1S/C16H15ClN2O3/c1-10-6-7-12(17)8-15(10)19-16(21)18-13-4-3-5-14(9-13)22-11(2)20/h3-9H,1-2H3,(H2,18,19,21). The molecule has 114 valence electrons. The van der Waals surface area contributed by atoms with Crippen molar-refractivity contribution < 1.29 is 14.3 Å². The summed E-state index contributed by atoms with van der Waals surface area (Å²) in [6.45, 7) is 3.18. The molecule has 0 saturated heterocycles. The largest absolute Gasteiger partial charge is 0.427 e. The SMILES string of the molecule is CC(=O)Oc1cccc(NC(=O)Nc2cc(Cl)ccc2C)c1. The molecule has 0 aliphatic heterocycles. The Labute approximate surface area is 133 Å². The number of carbonyl (C=O) groups excluding carboxylic acids is 2. The normalized spacial score (nSPS) is 9.95. The third-order valence-electron chi connectivity index (χ3n) is 2.80. The van der Waals surface area contributed by atoms with Crippen LogP contribution in [0.5, 0.6) is 5.75 Å². The summed E-state index contributed by atoms with van der Waals surface area (Å²) in [6, 6.07) is 11.4. The summed E-state index contributed by atoms with van der Waals surface area (Å²) < 4.78 is 4.96. The lowest BCUT2D eigenvalue weighted by molar-refractivity contribution is -0.131. The minimum Gasteiger partial charge on any atom is -0.427 e. The lowest BCUT2D eigenvalue weighted by atomic mass is 10.2. The third kappa shape index (κ3) is 4.49. The van der Waals surface area contributed by atoms with E-state index in [1.165, 1.54) is 6.92 Å². The molecule has 0 bridgehead atoms. The molecule has 2 amide bonds. The second-order valence-electron chi connectivity index (χ2n) is 4.66. The van der Waals surface area contributed by atoms with Crippen LogP contribution in [0.15, 0.2) is 42.5 Å². The highest BCUT2D eigenvalue weighted by atomic mass is 35.5. The summed E-state index contributed by atoms with van der Waals surface area (Å²) in [5.41, 5.74) is 2.03. The van der Waals surface area contributed by atoms with E-state index in [2.05, 4.69) is 10.6 Å². The summed E-state index contributed by atoms with van der Waals surface area (Å²) in [5, 5.41) is 5.92. The molecule has 0 saturated carbocycles. The minimum absolute atomic E-state index is 0.365. The Morgan fingerprint density at radius 3 is 2.59 bits per heavy atom. The number of aryl methyl sites for hydroxylation is 1. The third-order valence-corrected chi connectivity index (χ3v) is 3.04. The number of nitrogens with one attached hydrogen (secondary N) is 2. The highest BCUT2D eigenvalue weighted by molar-refractivity contribution is 6.31. The maximum Gasteiger partial charge on any atom is 0.323 e. The molecule has 2 aromatic carbocycles. The van der Waals surface area contributed by atoms with Gasteiger partial charge in [0, 0.05) is 29.4 Å². The predicted octanol–water partition coefficient (Wildman–Crippen LogP) is 4.22. The van der Waals surface area contributed by atoms with Gasteiger partial charge in [-0.2, -0.15) is 0 Å². The van der Waals surface area contributed by atoms with Crippen molar-refractivity contribution in [1.29, 1.82) is 0 Å². The molecule has 0 aliphatic rings. The van der Waals surface area contributed by atoms with Crippen molar-refractivity contribution in [3.63, 3.8) is 0 Å². The summed E-state index contributed by atoms with van der Waals surface area (Å²) in [4.78, 5) is 22.9. The van der Waals surface area contributed by atoms with Crippen LogP contribution in [0.4, 0.5) is 16.2 Å². The molecule has 0 spiro atoms. The number of hydrogen-bond acceptors (Lipinski definition) is 3. The van der Waals surface area contributed by atoms with E-state index in [0.29, 0.717) is 22.1 Å². The van der Waals surface area contributed by atoms with Crippen LogP contribution in [0.3, 0.4) is 0 Å². The Morgan fingerprint density at radius 2 is 1.86 bits per heavy atom. The molecule has 6 heteroatoms. The summed E-state index contributed by atoms with van der Waals surface area (Å²) >= 11 is 5.91. The molecular formula is C16H15ClN2O3. The van der Waals surface area contributed by atoms with Gasteiger partial charge in [0.15, 0.2) is 0 Å². The molecule has 2 rings (SSSR count). The van der Waals surface area contributed by atoms with E-state index in [1.807, 2.05) is 13.0 Å². The van der Waals surface area contributed by atoms with E-state index < -0.39 is 12.0 Å². The number of rotatable bonds is 3. The van der Waals surface area contributed by atoms with E-state index >= 15 is 0 Å². The molecule has 0 aromatic heterocycles. The van der Waals surface area contributed by atoms with Gasteiger partial charge in [-0.15, -0.1) is 0 Å². The van der Waals surface area contributed by atoms with E-state index in [9.17, 15) is 9.59 Å². The number of anilines is 2. The highest BCUT2D eigenvalue weighted by Crippen LogP contribution is 2.21. The van der Waals surface area contributed by atoms with Crippen LogP contribution in [0.2, 0.25) is 5.02 Å². The fourth-order valence-corrected chi connectivity index (χ4v) is 1.99. The molecule has 0 atom stereocenters. The van der Waals surface area contributed by atoms with Crippen LogP contribution in [-0.2, 0) is 4.79 Å². The Hall–Kier alpha value is -2.53. The fourth-order valence-electron chi connectivity index (χ4n) is 1.82. The van der Waals surface area contributed by atoms with Gasteiger partial charge in [-0.3, -0.25) is 4.79 Å². The summed E-state index contributed by atoms with van der Waals surface area (Å²) in [6.07, 6.45) is 0. The first-order valence-corrected chi connectivity index (χ1v) is 6.94. The average Bonchev–Trinajstić information content (AvgIpc) is 2.42. The topological polar surface area (TPSA) is 67.4 Å². The first-order valence-electron chi connectivity index (χ1n) is 6.56. The van der Waals surface area contributed by atoms with Crippen molar-refractivity contribution >= 4 is 35.0 Å². The van der Waals surface area contributed by atoms with Gasteiger partial charge >= 0.3 is 12.0 Å². The van der Waals surface area contributed by atoms with E-state index in [4.69, 9.17) is 16.3 Å². The number of ether oxygens (including phenoxy) is 1. The minimum atomic E-state index is -0.420. The number of carbonyl (C=O) groups is 2. The Bertz CT molecular complexity index is 716. The molecule has 2 N–H and O–H groups in total. The number of esters is 1. The van der Waals surface area contributed by atoms with Gasteiger partial charge in [-0.1, -0.05) is 23.7 Å². The quantitative estimate of drug-likeness (QED) is 0.657. The fraction of sp³-hybridized carbons (Fsp3) is 0.125. The Kier molecular flexibility index (Phi) is 5.01. The van der Waals surface area contributed by atoms with Gasteiger partial charge in [0.25, 0.3) is 0 Å². The van der Waals surface area contributed by atoms with Crippen LogP contribution in [0.1, 0.15) is 12.5 Å². The second kappa shape index (κ2) is 6.95. The molecule has 5 nitrogen and oxygen atoms in total. The molecule has 0 fully saturated rings. The highest BCUT2D eigenvalue weighted by Gasteiger charge is 2.07. The first-order chi connectivity index (χ1) is 10.4. The first kappa shape index (κ1) is 15.9. The Morgan fingerprint density at radius 1 is 1.09 bits per heavy atom. The molecule has 0 aliphatic carbocycles. The smallest absolute Gasteiger partial charge is 0.323 e. The van der Waals surface area contributed by atoms with Crippen molar-refractivity contribution in [2.75, 3.05) is 10.6 Å². The van der Waals surface area contributed by atoms with Crippen LogP contribution in [0, 0.1) is 6.92 Å². The van der Waals surface area contributed by atoms with Gasteiger partial charge in [-0.25, -0.2) is 4.79 Å². The molecule has 22 heavy (non-hydrogen) atoms. The van der Waals surface area contributed by atoms with Crippen molar-refractivity contribution in [2.45, 2.75) is 13.8 Å². The summed E-state index contributed by atoms with van der Waals surface area (Å²) in [5.74, 6) is -0.0552. The monoisotopic (exact) mass is 318 g/mol. The molecule has 0 radical (unpaired) electrons. The molecular weight excluding hydrogens is 304 g/mol. The number of benzene rings is 2. The van der Waals surface area contributed by atoms with Crippen molar-refractivity contribution in [3.05, 3.63) is 53.1 Å². The average molecular weight is 319 g/mol. The van der Waals surface area contributed by atoms with Gasteiger partial charge in [0.2, 0.25) is 0 Å². The van der Waals surface area contributed by atoms with Crippen molar-refractivity contribution in [1.82, 2.24) is 0 Å². The lowest BCUT2D eigenvalue weighted by Crippen LogP contribution is -2.20. The molecule has 0 heterocycles. The molecule has 0 unspecified atom stereocenters. The lowest BCUT2D eigenvalue weighted by Gasteiger charge is -2.11. The van der Waals surface area contributed by atoms with Gasteiger partial charge in [0.05, 0.1) is 0 Å². The number of urea groups is 1. The molecule has 2 aromatic rings. The Balaban J connectivity index is 2.05. The van der Waals surface area contributed by atoms with Gasteiger partial charge in [0.1, 0.15) is 5.75 Å². The maximum absolute atomic E-state index is 12.0. The van der Waals surface area contributed by atoms with Crippen molar-refractivity contribution in [2.24, 2.45) is 0 Å². The maximum atomic E-state index is 12.0. The van der Waals surface area contributed by atoms with Gasteiger partial charge < -0.3 is 15.4 Å². The summed E-state index contributed by atoms with van der Waals surface area (Å²) in [7, 11) is 0. The van der Waals surface area contributed by atoms with Crippen LogP contribution < -0.4 is 15.4 Å². The van der Waals surface area contributed by atoms with Gasteiger partial charge in [-0.05, 0) is 36.8 Å². The predicted molar refractivity (Wildman–Crippen MR) is 86.6 cm³/mol. The van der Waals surface area contributed by atoms with Crippen LogP contribution >= 0.6 is 11.6 Å². The number of amides is 2.